The van der Waals surface area contributed by atoms with E-state index in [1.807, 2.05) is 25.1 Å². The van der Waals surface area contributed by atoms with Gasteiger partial charge in [0.25, 0.3) is 0 Å². The van der Waals surface area contributed by atoms with E-state index in [1.54, 1.807) is 59.7 Å². The van der Waals surface area contributed by atoms with E-state index in [1.165, 1.54) is 4.90 Å². The Morgan fingerprint density at radius 1 is 0.968 bits per heavy atom. The zero-order valence-corrected chi connectivity index (χ0v) is 16.8. The van der Waals surface area contributed by atoms with E-state index in [4.69, 9.17) is 0 Å². The van der Waals surface area contributed by atoms with E-state index in [-0.39, 0.29) is 17.6 Å². The molecule has 3 heterocycles. The maximum atomic E-state index is 13.5. The number of fused-ring (bicyclic) bond motifs is 3. The van der Waals surface area contributed by atoms with Crippen LogP contribution < -0.4 is 4.90 Å². The maximum Gasteiger partial charge on any atom is 0.240 e. The van der Waals surface area contributed by atoms with Gasteiger partial charge in [-0.3, -0.25) is 14.4 Å². The van der Waals surface area contributed by atoms with Crippen LogP contribution in [0.4, 0.5) is 5.69 Å². The number of Topliss-reactive ketones (excluding diaryl/α,β-unsaturated/α-hetero) is 1. The fraction of sp³-hybridized carbons (Fsp3) is 0.200. The van der Waals surface area contributed by atoms with E-state index in [9.17, 15) is 19.6 Å². The molecule has 3 aliphatic rings. The van der Waals surface area contributed by atoms with Crippen molar-refractivity contribution in [2.24, 2.45) is 11.8 Å². The standard InChI is InChI=1S/C25H19N3O3/c1-15-7-9-18(10-8-15)28-24(30)20-19-13-16(14-26)11-12-27(19)22(21(20)25(28)31)23(29)17-5-3-2-4-6-17/h2-13,19-22H,1H3/t19-,20+,21+,22-/m0/s1. The first-order valence-electron chi connectivity index (χ1n) is 10.1. The van der Waals surface area contributed by atoms with Crippen molar-refractivity contribution in [3.05, 3.63) is 89.6 Å². The van der Waals surface area contributed by atoms with Gasteiger partial charge in [-0.2, -0.15) is 5.26 Å². The second kappa shape index (κ2) is 7.06. The topological polar surface area (TPSA) is 81.5 Å². The summed E-state index contributed by atoms with van der Waals surface area (Å²) in [5, 5.41) is 9.36. The second-order valence-corrected chi connectivity index (χ2v) is 8.06. The summed E-state index contributed by atoms with van der Waals surface area (Å²) in [5.74, 6) is -2.45. The molecule has 0 saturated carbocycles. The molecule has 3 aliphatic heterocycles. The average Bonchev–Trinajstić information content (AvgIpc) is 3.26. The number of nitrogens with zero attached hydrogens (tertiary/aromatic N) is 3. The first kappa shape index (κ1) is 19.0. The number of hydrogen-bond donors (Lipinski definition) is 0. The number of ketones is 1. The van der Waals surface area contributed by atoms with Crippen LogP contribution in [0.1, 0.15) is 15.9 Å². The van der Waals surface area contributed by atoms with Gasteiger partial charge < -0.3 is 4.90 Å². The summed E-state index contributed by atoms with van der Waals surface area (Å²) in [4.78, 5) is 43.5. The zero-order chi connectivity index (χ0) is 21.7. The molecule has 4 atom stereocenters. The monoisotopic (exact) mass is 409 g/mol. The van der Waals surface area contributed by atoms with Crippen LogP contribution in [-0.4, -0.2) is 34.6 Å². The van der Waals surface area contributed by atoms with Crippen LogP contribution in [0.15, 0.2) is 78.5 Å². The Labute approximate surface area is 179 Å². The fourth-order valence-corrected chi connectivity index (χ4v) is 4.84. The van der Waals surface area contributed by atoms with Gasteiger partial charge in [-0.05, 0) is 31.2 Å². The molecule has 0 radical (unpaired) electrons. The number of aryl methyl sites for hydroxylation is 1. The van der Waals surface area contributed by atoms with Crippen LogP contribution in [0.5, 0.6) is 0 Å². The molecule has 0 N–H and O–H groups in total. The predicted octanol–water partition coefficient (Wildman–Crippen LogP) is 3.01. The third-order valence-corrected chi connectivity index (χ3v) is 6.30. The van der Waals surface area contributed by atoms with E-state index in [2.05, 4.69) is 6.07 Å². The van der Waals surface area contributed by atoms with Gasteiger partial charge in [0.2, 0.25) is 11.8 Å². The summed E-state index contributed by atoms with van der Waals surface area (Å²) in [6, 6.07) is 16.8. The highest BCUT2D eigenvalue weighted by molar-refractivity contribution is 6.24. The van der Waals surface area contributed by atoms with Gasteiger partial charge in [-0.1, -0.05) is 48.0 Å². The van der Waals surface area contributed by atoms with Crippen molar-refractivity contribution in [1.82, 2.24) is 4.90 Å². The summed E-state index contributed by atoms with van der Waals surface area (Å²) in [6.45, 7) is 1.93. The first-order chi connectivity index (χ1) is 15.0. The summed E-state index contributed by atoms with van der Waals surface area (Å²) in [5.41, 5.74) is 2.43. The van der Waals surface area contributed by atoms with Gasteiger partial charge >= 0.3 is 0 Å². The highest BCUT2D eigenvalue weighted by atomic mass is 16.2. The molecule has 2 fully saturated rings. The van der Waals surface area contributed by atoms with E-state index < -0.39 is 23.9 Å². The van der Waals surface area contributed by atoms with Crippen LogP contribution in [0.3, 0.4) is 0 Å². The van der Waals surface area contributed by atoms with Crippen molar-refractivity contribution in [1.29, 1.82) is 5.26 Å². The van der Waals surface area contributed by atoms with Crippen LogP contribution in [0.2, 0.25) is 0 Å². The molecule has 6 nitrogen and oxygen atoms in total. The van der Waals surface area contributed by atoms with Crippen molar-refractivity contribution in [3.8, 4) is 6.07 Å². The van der Waals surface area contributed by atoms with Gasteiger partial charge in [0.05, 0.1) is 35.2 Å². The van der Waals surface area contributed by atoms with Gasteiger partial charge in [0, 0.05) is 11.8 Å². The summed E-state index contributed by atoms with van der Waals surface area (Å²) >= 11 is 0. The van der Waals surface area contributed by atoms with Crippen molar-refractivity contribution in [2.75, 3.05) is 4.90 Å². The molecule has 0 spiro atoms. The lowest BCUT2D eigenvalue weighted by Gasteiger charge is -2.32. The lowest BCUT2D eigenvalue weighted by atomic mass is 9.86. The maximum absolute atomic E-state index is 13.5. The molecule has 5 rings (SSSR count). The highest BCUT2D eigenvalue weighted by Crippen LogP contribution is 2.47. The number of imide groups is 1. The molecular formula is C25H19N3O3. The van der Waals surface area contributed by atoms with Gasteiger partial charge in [-0.25, -0.2) is 4.90 Å². The van der Waals surface area contributed by atoms with E-state index >= 15 is 0 Å². The Kier molecular flexibility index (Phi) is 4.33. The molecule has 2 saturated heterocycles. The van der Waals surface area contributed by atoms with Crippen molar-refractivity contribution >= 4 is 23.3 Å². The van der Waals surface area contributed by atoms with Gasteiger partial charge in [-0.15, -0.1) is 0 Å². The number of benzene rings is 2. The number of carbonyl (C=O) groups is 3. The molecule has 0 aliphatic carbocycles. The van der Waals surface area contributed by atoms with Crippen LogP contribution in [0, 0.1) is 30.1 Å². The van der Waals surface area contributed by atoms with Crippen LogP contribution in [-0.2, 0) is 9.59 Å². The lowest BCUT2D eigenvalue weighted by molar-refractivity contribution is -0.123. The molecule has 2 aromatic rings. The lowest BCUT2D eigenvalue weighted by Crippen LogP contribution is -2.46. The number of nitriles is 1. The number of anilines is 1. The molecule has 0 bridgehead atoms. The summed E-state index contributed by atoms with van der Waals surface area (Å²) in [6.07, 6.45) is 4.99. The quantitative estimate of drug-likeness (QED) is 0.575. The zero-order valence-electron chi connectivity index (χ0n) is 16.8. The molecule has 6 heteroatoms. The molecule has 0 aromatic heterocycles. The SMILES string of the molecule is Cc1ccc(N2C(=O)[C@@H]3[C@H](C2=O)[C@@H]2C=C(C#N)C=CN2[C@@H]3C(=O)c2ccccc2)cc1. The molecule has 0 unspecified atom stereocenters. The summed E-state index contributed by atoms with van der Waals surface area (Å²) < 4.78 is 0. The predicted molar refractivity (Wildman–Crippen MR) is 114 cm³/mol. The average molecular weight is 409 g/mol. The van der Waals surface area contributed by atoms with E-state index in [0.29, 0.717) is 16.8 Å². The van der Waals surface area contributed by atoms with Crippen molar-refractivity contribution in [3.63, 3.8) is 0 Å². The van der Waals surface area contributed by atoms with Crippen LogP contribution >= 0.6 is 0 Å². The Balaban J connectivity index is 1.61. The number of amides is 2. The Hall–Kier alpha value is -3.98. The smallest absolute Gasteiger partial charge is 0.240 e. The second-order valence-electron chi connectivity index (χ2n) is 8.06. The molecular weight excluding hydrogens is 390 g/mol. The Morgan fingerprint density at radius 2 is 1.65 bits per heavy atom. The minimum absolute atomic E-state index is 0.205. The first-order valence-corrected chi connectivity index (χ1v) is 10.1. The Morgan fingerprint density at radius 3 is 2.32 bits per heavy atom. The third kappa shape index (κ3) is 2.82. The largest absolute Gasteiger partial charge is 0.359 e. The highest BCUT2D eigenvalue weighted by Gasteiger charge is 2.63. The molecule has 2 aromatic carbocycles. The summed E-state index contributed by atoms with van der Waals surface area (Å²) in [7, 11) is 0. The molecule has 2 amide bonds. The Bertz CT molecular complexity index is 1190. The minimum Gasteiger partial charge on any atom is -0.359 e. The fourth-order valence-electron chi connectivity index (χ4n) is 4.84. The minimum atomic E-state index is -0.814. The number of carbonyl (C=O) groups excluding carboxylic acids is 3. The normalized spacial score (nSPS) is 26.4. The molecule has 152 valence electrons. The number of hydrogen-bond acceptors (Lipinski definition) is 5. The number of rotatable bonds is 3. The van der Waals surface area contributed by atoms with Crippen LogP contribution in [0.25, 0.3) is 0 Å². The molecule has 31 heavy (non-hydrogen) atoms. The number of allylic oxidation sites excluding steroid dienone is 2. The van der Waals surface area contributed by atoms with Crippen molar-refractivity contribution < 1.29 is 14.4 Å². The van der Waals surface area contributed by atoms with E-state index in [0.717, 1.165) is 5.56 Å². The van der Waals surface area contributed by atoms with Gasteiger partial charge in [0.1, 0.15) is 6.04 Å². The third-order valence-electron chi connectivity index (χ3n) is 6.30. The van der Waals surface area contributed by atoms with Crippen molar-refractivity contribution in [2.45, 2.75) is 19.0 Å². The van der Waals surface area contributed by atoms with Gasteiger partial charge in [0.15, 0.2) is 5.78 Å².